The van der Waals surface area contributed by atoms with Crippen molar-refractivity contribution in [2.24, 2.45) is 11.8 Å². The highest BCUT2D eigenvalue weighted by atomic mass is 16.4. The van der Waals surface area contributed by atoms with Gasteiger partial charge >= 0.3 is 5.97 Å². The van der Waals surface area contributed by atoms with Gasteiger partial charge in [0.2, 0.25) is 5.91 Å². The minimum Gasteiger partial charge on any atom is -0.481 e. The summed E-state index contributed by atoms with van der Waals surface area (Å²) in [4.78, 5) is 23.4. The number of amides is 1. The van der Waals surface area contributed by atoms with Crippen molar-refractivity contribution in [3.8, 4) is 0 Å². The zero-order chi connectivity index (χ0) is 15.2. The van der Waals surface area contributed by atoms with Gasteiger partial charge in [-0.3, -0.25) is 9.59 Å². The first-order valence-corrected chi connectivity index (χ1v) is 7.31. The maximum atomic E-state index is 12.2. The molecule has 5 nitrogen and oxygen atoms in total. The van der Waals surface area contributed by atoms with Crippen LogP contribution in [-0.4, -0.2) is 22.1 Å². The molecule has 1 fully saturated rings. The highest BCUT2D eigenvalue weighted by molar-refractivity contribution is 5.84. The Kier molecular flexibility index (Phi) is 5.33. The first-order valence-electron chi connectivity index (χ1n) is 7.31. The van der Waals surface area contributed by atoms with Crippen molar-refractivity contribution in [1.82, 2.24) is 5.32 Å². The van der Waals surface area contributed by atoms with Gasteiger partial charge < -0.3 is 15.5 Å². The average Bonchev–Trinajstić information content (AvgIpc) is 2.52. The minimum absolute atomic E-state index is 0.0362. The summed E-state index contributed by atoms with van der Waals surface area (Å²) in [5.74, 6) is -2.06. The summed E-state index contributed by atoms with van der Waals surface area (Å²) in [6, 6.07) is 7.34. The Bertz CT molecular complexity index is 515. The topological polar surface area (TPSA) is 86.6 Å². The normalized spacial score (nSPS) is 21.8. The van der Waals surface area contributed by atoms with Crippen molar-refractivity contribution in [2.75, 3.05) is 0 Å². The fourth-order valence-electron chi connectivity index (χ4n) is 2.90. The largest absolute Gasteiger partial charge is 0.481 e. The van der Waals surface area contributed by atoms with Crippen LogP contribution in [0.25, 0.3) is 0 Å². The predicted octanol–water partition coefficient (Wildman–Crippen LogP) is 1.69. The number of nitrogens with one attached hydrogen (secondary N) is 1. The van der Waals surface area contributed by atoms with Gasteiger partial charge in [0, 0.05) is 6.54 Å². The van der Waals surface area contributed by atoms with E-state index >= 15 is 0 Å². The van der Waals surface area contributed by atoms with Crippen molar-refractivity contribution in [2.45, 2.75) is 38.8 Å². The number of rotatable bonds is 5. The standard InChI is InChI=1S/C16H21NO4/c18-10-12-5-3-4-11(8-12)9-17-15(19)13-6-1-2-7-14(13)16(20)21/h3-5,8,13-14,18H,1-2,6-7,9-10H2,(H,17,19)(H,20,21). The number of carboxylic acids is 1. The average molecular weight is 291 g/mol. The van der Waals surface area contributed by atoms with Gasteiger partial charge in [-0.15, -0.1) is 0 Å². The molecule has 0 radical (unpaired) electrons. The Labute approximate surface area is 124 Å². The third kappa shape index (κ3) is 4.04. The van der Waals surface area contributed by atoms with E-state index < -0.39 is 17.8 Å². The highest BCUT2D eigenvalue weighted by Crippen LogP contribution is 2.30. The molecule has 1 aromatic rings. The van der Waals surface area contributed by atoms with Gasteiger partial charge in [-0.25, -0.2) is 0 Å². The van der Waals surface area contributed by atoms with Crippen LogP contribution in [0.2, 0.25) is 0 Å². The molecule has 1 aliphatic carbocycles. The first-order chi connectivity index (χ1) is 10.1. The second-order valence-electron chi connectivity index (χ2n) is 5.53. The number of aliphatic carboxylic acids is 1. The molecule has 2 rings (SSSR count). The highest BCUT2D eigenvalue weighted by Gasteiger charge is 2.35. The molecule has 0 heterocycles. The first kappa shape index (κ1) is 15.5. The van der Waals surface area contributed by atoms with Gasteiger partial charge in [-0.1, -0.05) is 37.1 Å². The van der Waals surface area contributed by atoms with Gasteiger partial charge in [-0.05, 0) is 24.0 Å². The predicted molar refractivity (Wildman–Crippen MR) is 77.3 cm³/mol. The monoisotopic (exact) mass is 291 g/mol. The molecule has 1 aromatic carbocycles. The number of hydrogen-bond acceptors (Lipinski definition) is 3. The van der Waals surface area contributed by atoms with Crippen LogP contribution in [0, 0.1) is 11.8 Å². The molecule has 0 bridgehead atoms. The van der Waals surface area contributed by atoms with Crippen LogP contribution in [0.5, 0.6) is 0 Å². The molecule has 114 valence electrons. The lowest BCUT2D eigenvalue weighted by Crippen LogP contribution is -2.39. The number of aliphatic hydroxyl groups excluding tert-OH is 1. The van der Waals surface area contributed by atoms with Crippen LogP contribution < -0.4 is 5.32 Å². The zero-order valence-corrected chi connectivity index (χ0v) is 11.9. The summed E-state index contributed by atoms with van der Waals surface area (Å²) in [7, 11) is 0. The number of carbonyl (C=O) groups is 2. The molecule has 3 N–H and O–H groups in total. The van der Waals surface area contributed by atoms with Crippen molar-refractivity contribution < 1.29 is 19.8 Å². The van der Waals surface area contributed by atoms with Gasteiger partial charge in [0.15, 0.2) is 0 Å². The van der Waals surface area contributed by atoms with Crippen LogP contribution in [0.4, 0.5) is 0 Å². The zero-order valence-electron chi connectivity index (χ0n) is 11.9. The van der Waals surface area contributed by atoms with E-state index in [1.54, 1.807) is 0 Å². The number of aliphatic hydroxyl groups is 1. The molecule has 21 heavy (non-hydrogen) atoms. The lowest BCUT2D eigenvalue weighted by Gasteiger charge is -2.27. The van der Waals surface area contributed by atoms with Crippen LogP contribution >= 0.6 is 0 Å². The second kappa shape index (κ2) is 7.22. The Morgan fingerprint density at radius 3 is 2.48 bits per heavy atom. The molecule has 0 aliphatic heterocycles. The Morgan fingerprint density at radius 2 is 1.81 bits per heavy atom. The van der Waals surface area contributed by atoms with E-state index in [9.17, 15) is 14.7 Å². The lowest BCUT2D eigenvalue weighted by atomic mass is 9.78. The van der Waals surface area contributed by atoms with Gasteiger partial charge in [0.25, 0.3) is 0 Å². The van der Waals surface area contributed by atoms with Gasteiger partial charge in [0.1, 0.15) is 0 Å². The molecule has 0 saturated heterocycles. The number of carbonyl (C=O) groups excluding carboxylic acids is 1. The van der Waals surface area contributed by atoms with Crippen LogP contribution in [0.3, 0.4) is 0 Å². The van der Waals surface area contributed by atoms with Crippen LogP contribution in [0.15, 0.2) is 24.3 Å². The molecule has 5 heteroatoms. The van der Waals surface area contributed by atoms with E-state index in [2.05, 4.69) is 5.32 Å². The third-order valence-electron chi connectivity index (χ3n) is 4.06. The van der Waals surface area contributed by atoms with Crippen molar-refractivity contribution in [3.05, 3.63) is 35.4 Å². The summed E-state index contributed by atoms with van der Waals surface area (Å²) >= 11 is 0. The number of carboxylic acid groups (broad SMARTS) is 1. The summed E-state index contributed by atoms with van der Waals surface area (Å²) < 4.78 is 0. The molecule has 1 amide bonds. The van der Waals surface area contributed by atoms with E-state index in [1.165, 1.54) is 0 Å². The molecule has 2 atom stereocenters. The smallest absolute Gasteiger partial charge is 0.307 e. The van der Waals surface area contributed by atoms with E-state index in [4.69, 9.17) is 5.11 Å². The van der Waals surface area contributed by atoms with E-state index in [-0.39, 0.29) is 12.5 Å². The summed E-state index contributed by atoms with van der Waals surface area (Å²) in [5.41, 5.74) is 1.69. The van der Waals surface area contributed by atoms with Crippen molar-refractivity contribution in [3.63, 3.8) is 0 Å². The number of benzene rings is 1. The SMILES string of the molecule is O=C(O)C1CCCCC1C(=O)NCc1cccc(CO)c1. The van der Waals surface area contributed by atoms with Gasteiger partial charge in [-0.2, -0.15) is 0 Å². The summed E-state index contributed by atoms with van der Waals surface area (Å²) in [6.45, 7) is 0.320. The molecule has 0 spiro atoms. The van der Waals surface area contributed by atoms with E-state index in [1.807, 2.05) is 24.3 Å². The summed E-state index contributed by atoms with van der Waals surface area (Å²) in [6.07, 6.45) is 2.99. The van der Waals surface area contributed by atoms with E-state index in [0.717, 1.165) is 24.0 Å². The fraction of sp³-hybridized carbons (Fsp3) is 0.500. The minimum atomic E-state index is -0.878. The Morgan fingerprint density at radius 1 is 1.14 bits per heavy atom. The number of hydrogen-bond donors (Lipinski definition) is 3. The molecule has 0 aromatic heterocycles. The Balaban J connectivity index is 1.95. The molecule has 1 aliphatic rings. The van der Waals surface area contributed by atoms with Gasteiger partial charge in [0.05, 0.1) is 18.4 Å². The van der Waals surface area contributed by atoms with Crippen molar-refractivity contribution >= 4 is 11.9 Å². The summed E-state index contributed by atoms with van der Waals surface area (Å²) in [5, 5.41) is 21.1. The quantitative estimate of drug-likeness (QED) is 0.770. The maximum Gasteiger partial charge on any atom is 0.307 e. The van der Waals surface area contributed by atoms with E-state index in [0.29, 0.717) is 19.4 Å². The van der Waals surface area contributed by atoms with Crippen LogP contribution in [-0.2, 0) is 22.7 Å². The Hall–Kier alpha value is -1.88. The fourth-order valence-corrected chi connectivity index (χ4v) is 2.90. The van der Waals surface area contributed by atoms with Crippen molar-refractivity contribution in [1.29, 1.82) is 0 Å². The maximum absolute atomic E-state index is 12.2. The molecular formula is C16H21NO4. The van der Waals surface area contributed by atoms with Crippen LogP contribution in [0.1, 0.15) is 36.8 Å². The lowest BCUT2D eigenvalue weighted by molar-refractivity contribution is -0.148. The molecular weight excluding hydrogens is 270 g/mol. The molecule has 1 saturated carbocycles. The third-order valence-corrected chi connectivity index (χ3v) is 4.06. The second-order valence-corrected chi connectivity index (χ2v) is 5.53. The molecule has 2 unspecified atom stereocenters.